The number of amides is 3. The van der Waals surface area contributed by atoms with Crippen molar-refractivity contribution in [3.8, 4) is 0 Å². The number of nitrogens with zero attached hydrogens (tertiary/aromatic N) is 1. The molecular formula is C18H25N3O3. The van der Waals surface area contributed by atoms with E-state index in [0.717, 1.165) is 29.8 Å². The lowest BCUT2D eigenvalue weighted by Gasteiger charge is -2.35. The van der Waals surface area contributed by atoms with Gasteiger partial charge in [0.25, 0.3) is 0 Å². The van der Waals surface area contributed by atoms with E-state index in [1.165, 1.54) is 0 Å². The normalized spacial score (nSPS) is 23.7. The average Bonchev–Trinajstić information content (AvgIpc) is 3.34. The first-order chi connectivity index (χ1) is 11.4. The van der Waals surface area contributed by atoms with Crippen LogP contribution in [-0.2, 0) is 9.53 Å². The van der Waals surface area contributed by atoms with E-state index in [0.29, 0.717) is 13.1 Å². The van der Waals surface area contributed by atoms with Gasteiger partial charge in [0.1, 0.15) is 0 Å². The lowest BCUT2D eigenvalue weighted by molar-refractivity contribution is -0.117. The molecule has 1 aliphatic heterocycles. The van der Waals surface area contributed by atoms with E-state index >= 15 is 0 Å². The number of hydrogen-bond acceptors (Lipinski definition) is 3. The number of urea groups is 1. The van der Waals surface area contributed by atoms with Crippen LogP contribution in [0, 0.1) is 12.8 Å². The molecule has 24 heavy (non-hydrogen) atoms. The maximum absolute atomic E-state index is 12.5. The molecule has 0 aromatic heterocycles. The molecule has 0 bridgehead atoms. The summed E-state index contributed by atoms with van der Waals surface area (Å²) in [5.74, 6) is 0.215. The number of morpholine rings is 1. The van der Waals surface area contributed by atoms with Crippen molar-refractivity contribution in [1.82, 2.24) is 4.90 Å². The van der Waals surface area contributed by atoms with Crippen molar-refractivity contribution >= 4 is 23.3 Å². The summed E-state index contributed by atoms with van der Waals surface area (Å²) in [6.45, 7) is 7.03. The van der Waals surface area contributed by atoms with Gasteiger partial charge in [-0.2, -0.15) is 0 Å². The second-order valence-electron chi connectivity index (χ2n) is 6.89. The highest BCUT2D eigenvalue weighted by Gasteiger charge is 2.30. The van der Waals surface area contributed by atoms with E-state index in [9.17, 15) is 9.59 Å². The van der Waals surface area contributed by atoms with Gasteiger partial charge in [-0.25, -0.2) is 4.79 Å². The summed E-state index contributed by atoms with van der Waals surface area (Å²) < 4.78 is 5.66. The summed E-state index contributed by atoms with van der Waals surface area (Å²) in [5.41, 5.74) is 2.40. The van der Waals surface area contributed by atoms with E-state index in [4.69, 9.17) is 4.74 Å². The van der Waals surface area contributed by atoms with Crippen LogP contribution in [-0.4, -0.2) is 42.1 Å². The molecule has 1 heterocycles. The number of carbonyl (C=O) groups excluding carboxylic acids is 2. The molecular weight excluding hydrogens is 306 g/mol. The molecule has 1 aliphatic carbocycles. The monoisotopic (exact) mass is 331 g/mol. The van der Waals surface area contributed by atoms with Gasteiger partial charge in [-0.1, -0.05) is 6.07 Å². The Morgan fingerprint density at radius 2 is 1.79 bits per heavy atom. The maximum atomic E-state index is 12.5. The molecule has 2 atom stereocenters. The Kier molecular flexibility index (Phi) is 4.76. The van der Waals surface area contributed by atoms with Crippen molar-refractivity contribution in [1.29, 1.82) is 0 Å². The molecule has 6 nitrogen and oxygen atoms in total. The van der Waals surface area contributed by atoms with Crippen molar-refractivity contribution in [2.75, 3.05) is 23.7 Å². The van der Waals surface area contributed by atoms with Crippen molar-refractivity contribution in [3.05, 3.63) is 23.8 Å². The lowest BCUT2D eigenvalue weighted by Crippen LogP contribution is -2.49. The fraction of sp³-hybridized carbons (Fsp3) is 0.556. The van der Waals surface area contributed by atoms with Gasteiger partial charge in [-0.15, -0.1) is 0 Å². The molecule has 3 amide bonds. The Labute approximate surface area is 142 Å². The molecule has 2 fully saturated rings. The van der Waals surface area contributed by atoms with Crippen LogP contribution in [0.3, 0.4) is 0 Å². The number of rotatable bonds is 3. The fourth-order valence-corrected chi connectivity index (χ4v) is 2.96. The Morgan fingerprint density at radius 3 is 2.42 bits per heavy atom. The molecule has 1 saturated heterocycles. The molecule has 1 aromatic rings. The van der Waals surface area contributed by atoms with Gasteiger partial charge in [0, 0.05) is 30.4 Å². The first kappa shape index (κ1) is 16.8. The second-order valence-corrected chi connectivity index (χ2v) is 6.89. The fourth-order valence-electron chi connectivity index (χ4n) is 2.96. The predicted octanol–water partition coefficient (Wildman–Crippen LogP) is 2.98. The zero-order valence-corrected chi connectivity index (χ0v) is 14.5. The quantitative estimate of drug-likeness (QED) is 0.894. The second kappa shape index (κ2) is 6.81. The number of carbonyl (C=O) groups is 2. The lowest BCUT2D eigenvalue weighted by atomic mass is 10.1. The van der Waals surface area contributed by atoms with E-state index in [1.54, 1.807) is 4.90 Å². The van der Waals surface area contributed by atoms with Gasteiger partial charge < -0.3 is 20.3 Å². The standard InChI is InChI=1S/C18H25N3O3/c1-11-4-7-15(19-17(22)14-5-6-14)8-16(11)20-18(23)21-9-12(2)24-13(3)10-21/h4,7-8,12-14H,5-6,9-10H2,1-3H3,(H,19,22)(H,20,23). The summed E-state index contributed by atoms with van der Waals surface area (Å²) in [7, 11) is 0. The van der Waals surface area contributed by atoms with Crippen LogP contribution in [0.2, 0.25) is 0 Å². The molecule has 2 N–H and O–H groups in total. The van der Waals surface area contributed by atoms with Gasteiger partial charge in [-0.3, -0.25) is 4.79 Å². The number of anilines is 2. The molecule has 1 aromatic carbocycles. The van der Waals surface area contributed by atoms with Crippen LogP contribution in [0.4, 0.5) is 16.2 Å². The van der Waals surface area contributed by atoms with Crippen molar-refractivity contribution in [3.63, 3.8) is 0 Å². The van der Waals surface area contributed by atoms with Gasteiger partial charge in [-0.05, 0) is 51.3 Å². The molecule has 0 radical (unpaired) electrons. The zero-order valence-electron chi connectivity index (χ0n) is 14.5. The van der Waals surface area contributed by atoms with Crippen LogP contribution in [0.15, 0.2) is 18.2 Å². The number of hydrogen-bond donors (Lipinski definition) is 2. The molecule has 130 valence electrons. The Hall–Kier alpha value is -2.08. The molecule has 2 unspecified atom stereocenters. The smallest absolute Gasteiger partial charge is 0.322 e. The summed E-state index contributed by atoms with van der Waals surface area (Å²) in [5, 5.41) is 5.87. The number of nitrogens with one attached hydrogen (secondary N) is 2. The largest absolute Gasteiger partial charge is 0.372 e. The third-order valence-corrected chi connectivity index (χ3v) is 4.40. The van der Waals surface area contributed by atoms with Gasteiger partial charge >= 0.3 is 6.03 Å². The van der Waals surface area contributed by atoms with Gasteiger partial charge in [0.2, 0.25) is 5.91 Å². The highest BCUT2D eigenvalue weighted by atomic mass is 16.5. The highest BCUT2D eigenvalue weighted by molar-refractivity contribution is 5.96. The van der Waals surface area contributed by atoms with E-state index in [2.05, 4.69) is 10.6 Å². The minimum Gasteiger partial charge on any atom is -0.372 e. The predicted molar refractivity (Wildman–Crippen MR) is 93.1 cm³/mol. The topological polar surface area (TPSA) is 70.7 Å². The van der Waals surface area contributed by atoms with E-state index < -0.39 is 0 Å². The van der Waals surface area contributed by atoms with Crippen LogP contribution in [0.5, 0.6) is 0 Å². The van der Waals surface area contributed by atoms with E-state index in [-0.39, 0.29) is 30.1 Å². The molecule has 0 spiro atoms. The maximum Gasteiger partial charge on any atom is 0.322 e. The molecule has 3 rings (SSSR count). The Morgan fingerprint density at radius 1 is 1.12 bits per heavy atom. The van der Waals surface area contributed by atoms with Crippen LogP contribution in [0.1, 0.15) is 32.3 Å². The average molecular weight is 331 g/mol. The Bertz CT molecular complexity index is 632. The summed E-state index contributed by atoms with van der Waals surface area (Å²) >= 11 is 0. The third kappa shape index (κ3) is 4.06. The van der Waals surface area contributed by atoms with Crippen molar-refractivity contribution in [2.45, 2.75) is 45.8 Å². The number of aryl methyl sites for hydroxylation is 1. The highest BCUT2D eigenvalue weighted by Crippen LogP contribution is 2.31. The zero-order chi connectivity index (χ0) is 17.3. The van der Waals surface area contributed by atoms with Crippen LogP contribution >= 0.6 is 0 Å². The van der Waals surface area contributed by atoms with Crippen LogP contribution < -0.4 is 10.6 Å². The van der Waals surface area contributed by atoms with Crippen molar-refractivity contribution < 1.29 is 14.3 Å². The van der Waals surface area contributed by atoms with Gasteiger partial charge in [0.05, 0.1) is 12.2 Å². The molecule has 2 aliphatic rings. The first-order valence-electron chi connectivity index (χ1n) is 8.55. The summed E-state index contributed by atoms with van der Waals surface area (Å²) in [4.78, 5) is 26.2. The minimum absolute atomic E-state index is 0.0322. The number of ether oxygens (including phenoxy) is 1. The first-order valence-corrected chi connectivity index (χ1v) is 8.55. The van der Waals surface area contributed by atoms with Crippen LogP contribution in [0.25, 0.3) is 0 Å². The van der Waals surface area contributed by atoms with Gasteiger partial charge in [0.15, 0.2) is 0 Å². The SMILES string of the molecule is Cc1ccc(NC(=O)C2CC2)cc1NC(=O)N1CC(C)OC(C)C1. The third-order valence-electron chi connectivity index (χ3n) is 4.40. The van der Waals surface area contributed by atoms with Crippen molar-refractivity contribution in [2.24, 2.45) is 5.92 Å². The minimum atomic E-state index is -0.134. The molecule has 1 saturated carbocycles. The summed E-state index contributed by atoms with van der Waals surface area (Å²) in [6, 6.07) is 5.46. The molecule has 6 heteroatoms. The Balaban J connectivity index is 1.66. The summed E-state index contributed by atoms with van der Waals surface area (Å²) in [6.07, 6.45) is 2.00. The number of benzene rings is 1. The van der Waals surface area contributed by atoms with E-state index in [1.807, 2.05) is 39.0 Å².